The standard InChI is InChI=1S/C17H21N5O3/c23-16(24)9-21(7-11-1-2-11)14-5-13(6-14)19-17(25)12-3-4-15-20-18-10-22(15)8-12/h3-4,8,10-11,13-14H,1-2,5-7,9H2,(H,19,25)(H,23,24). The number of pyridine rings is 1. The Morgan fingerprint density at radius 2 is 2.12 bits per heavy atom. The average Bonchev–Trinajstić information content (AvgIpc) is 3.22. The molecular formula is C17H21N5O3. The third kappa shape index (κ3) is 3.63. The fraction of sp³-hybridized carbons (Fsp3) is 0.529. The molecule has 0 aromatic carbocycles. The van der Waals surface area contributed by atoms with Gasteiger partial charge < -0.3 is 10.4 Å². The summed E-state index contributed by atoms with van der Waals surface area (Å²) in [5.41, 5.74) is 1.26. The van der Waals surface area contributed by atoms with E-state index in [9.17, 15) is 9.59 Å². The van der Waals surface area contributed by atoms with Crippen molar-refractivity contribution in [3.63, 3.8) is 0 Å². The highest BCUT2D eigenvalue weighted by Gasteiger charge is 2.37. The van der Waals surface area contributed by atoms with E-state index in [1.54, 1.807) is 29.1 Å². The number of carbonyl (C=O) groups excluding carboxylic acids is 1. The van der Waals surface area contributed by atoms with Gasteiger partial charge in [-0.1, -0.05) is 0 Å². The molecule has 25 heavy (non-hydrogen) atoms. The van der Waals surface area contributed by atoms with Crippen molar-refractivity contribution in [3.8, 4) is 0 Å². The fourth-order valence-corrected chi connectivity index (χ4v) is 3.38. The Bertz CT molecular complexity index is 794. The number of aliphatic carboxylic acids is 1. The highest BCUT2D eigenvalue weighted by Crippen LogP contribution is 2.33. The van der Waals surface area contributed by atoms with Gasteiger partial charge in [-0.05, 0) is 43.7 Å². The number of carboxylic acids is 1. The Balaban J connectivity index is 1.32. The molecule has 2 aliphatic carbocycles. The summed E-state index contributed by atoms with van der Waals surface area (Å²) in [6.07, 6.45) is 7.29. The molecule has 8 nitrogen and oxygen atoms in total. The molecule has 2 aromatic rings. The van der Waals surface area contributed by atoms with Crippen molar-refractivity contribution in [3.05, 3.63) is 30.2 Å². The van der Waals surface area contributed by atoms with Gasteiger partial charge in [-0.15, -0.1) is 10.2 Å². The number of nitrogens with one attached hydrogen (secondary N) is 1. The maximum atomic E-state index is 12.4. The minimum atomic E-state index is -0.782. The van der Waals surface area contributed by atoms with Crippen molar-refractivity contribution in [1.29, 1.82) is 0 Å². The van der Waals surface area contributed by atoms with Gasteiger partial charge in [-0.2, -0.15) is 0 Å². The van der Waals surface area contributed by atoms with Crippen molar-refractivity contribution in [2.45, 2.75) is 37.8 Å². The summed E-state index contributed by atoms with van der Waals surface area (Å²) in [6.45, 7) is 0.952. The SMILES string of the molecule is O=C(O)CN(CC1CC1)C1CC(NC(=O)c2ccc3nncn3c2)C1. The molecule has 132 valence electrons. The van der Waals surface area contributed by atoms with E-state index >= 15 is 0 Å². The van der Waals surface area contributed by atoms with E-state index in [1.807, 2.05) is 0 Å². The maximum absolute atomic E-state index is 12.4. The average molecular weight is 343 g/mol. The zero-order valence-electron chi connectivity index (χ0n) is 13.8. The van der Waals surface area contributed by atoms with Crippen LogP contribution in [0.15, 0.2) is 24.7 Å². The smallest absolute Gasteiger partial charge is 0.317 e. The van der Waals surface area contributed by atoms with E-state index in [0.717, 1.165) is 19.4 Å². The monoisotopic (exact) mass is 343 g/mol. The van der Waals surface area contributed by atoms with Crippen LogP contribution in [0.25, 0.3) is 5.65 Å². The summed E-state index contributed by atoms with van der Waals surface area (Å²) in [4.78, 5) is 25.5. The lowest BCUT2D eigenvalue weighted by atomic mass is 9.85. The number of hydrogen-bond acceptors (Lipinski definition) is 5. The van der Waals surface area contributed by atoms with Crippen molar-refractivity contribution >= 4 is 17.5 Å². The summed E-state index contributed by atoms with van der Waals surface area (Å²) in [5.74, 6) is -0.245. The molecule has 2 saturated carbocycles. The summed E-state index contributed by atoms with van der Waals surface area (Å²) in [7, 11) is 0. The summed E-state index contributed by atoms with van der Waals surface area (Å²) >= 11 is 0. The molecule has 2 aliphatic rings. The third-order valence-corrected chi connectivity index (χ3v) is 5.05. The molecule has 2 aromatic heterocycles. The van der Waals surface area contributed by atoms with Gasteiger partial charge >= 0.3 is 5.97 Å². The van der Waals surface area contributed by atoms with E-state index in [1.165, 1.54) is 12.8 Å². The molecule has 4 rings (SSSR count). The Morgan fingerprint density at radius 1 is 1.32 bits per heavy atom. The molecule has 2 N–H and O–H groups in total. The minimum Gasteiger partial charge on any atom is -0.480 e. The highest BCUT2D eigenvalue weighted by molar-refractivity contribution is 5.94. The van der Waals surface area contributed by atoms with E-state index in [2.05, 4.69) is 20.4 Å². The Hall–Kier alpha value is -2.48. The molecule has 0 spiro atoms. The van der Waals surface area contributed by atoms with Gasteiger partial charge in [0.05, 0.1) is 12.1 Å². The van der Waals surface area contributed by atoms with Gasteiger partial charge in [0.2, 0.25) is 0 Å². The largest absolute Gasteiger partial charge is 0.480 e. The molecule has 0 bridgehead atoms. The fourth-order valence-electron chi connectivity index (χ4n) is 3.38. The number of amides is 1. The second-order valence-electron chi connectivity index (χ2n) is 7.08. The lowest BCUT2D eigenvalue weighted by Crippen LogP contribution is -2.55. The zero-order chi connectivity index (χ0) is 17.4. The predicted molar refractivity (Wildman–Crippen MR) is 89.2 cm³/mol. The summed E-state index contributed by atoms with van der Waals surface area (Å²) in [5, 5.41) is 19.8. The van der Waals surface area contributed by atoms with Crippen LogP contribution in [0.1, 0.15) is 36.0 Å². The van der Waals surface area contributed by atoms with E-state index in [-0.39, 0.29) is 24.5 Å². The van der Waals surface area contributed by atoms with Crippen LogP contribution >= 0.6 is 0 Å². The number of rotatable bonds is 7. The first kappa shape index (κ1) is 16.0. The molecule has 0 aliphatic heterocycles. The number of nitrogens with zero attached hydrogens (tertiary/aromatic N) is 4. The van der Waals surface area contributed by atoms with Gasteiger partial charge in [0.15, 0.2) is 5.65 Å². The quantitative estimate of drug-likeness (QED) is 0.771. The van der Waals surface area contributed by atoms with Gasteiger partial charge in [-0.25, -0.2) is 0 Å². The first-order valence-electron chi connectivity index (χ1n) is 8.64. The Kier molecular flexibility index (Phi) is 4.12. The first-order chi connectivity index (χ1) is 12.1. The molecular weight excluding hydrogens is 322 g/mol. The van der Waals surface area contributed by atoms with E-state index in [4.69, 9.17) is 5.11 Å². The van der Waals surface area contributed by atoms with Crippen molar-refractivity contribution in [2.24, 2.45) is 5.92 Å². The van der Waals surface area contributed by atoms with Crippen LogP contribution in [-0.2, 0) is 4.79 Å². The second-order valence-corrected chi connectivity index (χ2v) is 7.08. The van der Waals surface area contributed by atoms with Crippen LogP contribution in [0.2, 0.25) is 0 Å². The molecule has 0 saturated heterocycles. The number of carboxylic acid groups (broad SMARTS) is 1. The van der Waals surface area contributed by atoms with Crippen molar-refractivity contribution < 1.29 is 14.7 Å². The van der Waals surface area contributed by atoms with Gasteiger partial charge in [0.1, 0.15) is 6.33 Å². The first-order valence-corrected chi connectivity index (χ1v) is 8.64. The predicted octanol–water partition coefficient (Wildman–Crippen LogP) is 0.787. The number of fused-ring (bicyclic) bond motifs is 1. The maximum Gasteiger partial charge on any atom is 0.317 e. The van der Waals surface area contributed by atoms with Crippen LogP contribution in [-0.4, -0.2) is 61.7 Å². The molecule has 2 fully saturated rings. The normalized spacial score (nSPS) is 22.8. The third-order valence-electron chi connectivity index (χ3n) is 5.05. The number of aromatic nitrogens is 3. The summed E-state index contributed by atoms with van der Waals surface area (Å²) < 4.78 is 1.71. The van der Waals surface area contributed by atoms with Gasteiger partial charge in [0, 0.05) is 24.8 Å². The van der Waals surface area contributed by atoms with Crippen molar-refractivity contribution in [2.75, 3.05) is 13.1 Å². The van der Waals surface area contributed by atoms with E-state index in [0.29, 0.717) is 17.1 Å². The lowest BCUT2D eigenvalue weighted by Gasteiger charge is -2.42. The molecule has 0 unspecified atom stereocenters. The van der Waals surface area contributed by atoms with Crippen LogP contribution in [0.5, 0.6) is 0 Å². The van der Waals surface area contributed by atoms with Gasteiger partial charge in [0.25, 0.3) is 5.91 Å². The summed E-state index contributed by atoms with van der Waals surface area (Å²) in [6, 6.07) is 3.85. The van der Waals surface area contributed by atoms with Crippen LogP contribution in [0, 0.1) is 5.92 Å². The highest BCUT2D eigenvalue weighted by atomic mass is 16.4. The topological polar surface area (TPSA) is 99.8 Å². The molecule has 0 radical (unpaired) electrons. The van der Waals surface area contributed by atoms with Crippen LogP contribution in [0.4, 0.5) is 0 Å². The molecule has 8 heteroatoms. The lowest BCUT2D eigenvalue weighted by molar-refractivity contribution is -0.139. The molecule has 2 heterocycles. The van der Waals surface area contributed by atoms with E-state index < -0.39 is 5.97 Å². The molecule has 1 amide bonds. The molecule has 0 atom stereocenters. The Labute approximate surface area is 144 Å². The van der Waals surface area contributed by atoms with Gasteiger partial charge in [-0.3, -0.25) is 18.9 Å². The zero-order valence-corrected chi connectivity index (χ0v) is 13.8. The second kappa shape index (κ2) is 6.44. The number of hydrogen-bond donors (Lipinski definition) is 2. The Morgan fingerprint density at radius 3 is 2.84 bits per heavy atom. The van der Waals surface area contributed by atoms with Crippen LogP contribution < -0.4 is 5.32 Å². The minimum absolute atomic E-state index is 0.0894. The van der Waals surface area contributed by atoms with Crippen LogP contribution in [0.3, 0.4) is 0 Å². The van der Waals surface area contributed by atoms with Crippen molar-refractivity contribution in [1.82, 2.24) is 24.8 Å². The number of carbonyl (C=O) groups is 2.